The van der Waals surface area contributed by atoms with Gasteiger partial charge in [-0.1, -0.05) is 0 Å². The number of ether oxygens (including phenoxy) is 2. The quantitative estimate of drug-likeness (QED) is 0.252. The number of carbonyl (C=O) groups excluding carboxylic acids is 2. The predicted molar refractivity (Wildman–Crippen MR) is 97.7 cm³/mol. The molecule has 0 aromatic rings. The van der Waals surface area contributed by atoms with Gasteiger partial charge in [0.25, 0.3) is 0 Å². The smallest absolute Gasteiger partial charge is 0.407 e. The molecule has 0 spiro atoms. The summed E-state index contributed by atoms with van der Waals surface area (Å²) in [5.41, 5.74) is -0.503. The minimum atomic E-state index is -0.503. The van der Waals surface area contributed by atoms with Gasteiger partial charge in [0.1, 0.15) is 12.1 Å². The van der Waals surface area contributed by atoms with Crippen molar-refractivity contribution < 1.29 is 19.1 Å². The molecule has 0 aromatic carbocycles. The number of hydrogen-bond acceptors (Lipinski definition) is 5. The van der Waals surface area contributed by atoms with E-state index in [1.807, 2.05) is 27.7 Å². The Kier molecular flexibility index (Phi) is 12.2. The van der Waals surface area contributed by atoms with Crippen LogP contribution in [-0.2, 0) is 14.3 Å². The number of amides is 2. The molecule has 0 aliphatic rings. The predicted octanol–water partition coefficient (Wildman–Crippen LogP) is 0.219. The Hall–Kier alpha value is -2.03. The monoisotopic (exact) mass is 359 g/mol. The van der Waals surface area contributed by atoms with Crippen molar-refractivity contribution in [2.75, 3.05) is 46.4 Å². The summed E-state index contributed by atoms with van der Waals surface area (Å²) in [6.07, 6.45) is 0.268. The molecule has 0 saturated carbocycles. The average Bonchev–Trinajstić information content (AvgIpc) is 2.50. The minimum absolute atomic E-state index is 0.0369. The molecule has 0 saturated heterocycles. The second-order valence-electron chi connectivity index (χ2n) is 6.25. The van der Waals surface area contributed by atoms with Gasteiger partial charge in [-0.2, -0.15) is 0 Å². The average molecular weight is 359 g/mol. The number of alkyl carbamates (subject to hydrolysis) is 1. The number of carbonyl (C=O) groups is 2. The summed E-state index contributed by atoms with van der Waals surface area (Å²) >= 11 is 0. The number of guanidine groups is 1. The third-order valence-electron chi connectivity index (χ3n) is 2.67. The van der Waals surface area contributed by atoms with Crippen LogP contribution in [0, 0.1) is 0 Å². The van der Waals surface area contributed by atoms with Crippen molar-refractivity contribution >= 4 is 18.0 Å². The van der Waals surface area contributed by atoms with E-state index in [4.69, 9.17) is 9.47 Å². The van der Waals surface area contributed by atoms with Crippen LogP contribution >= 0.6 is 0 Å². The van der Waals surface area contributed by atoms with E-state index in [0.717, 1.165) is 0 Å². The van der Waals surface area contributed by atoms with Crippen molar-refractivity contribution in [3.05, 3.63) is 0 Å². The number of rotatable bonds is 10. The number of aliphatic imine (C=N–C) groups is 1. The molecule has 0 aromatic heterocycles. The minimum Gasteiger partial charge on any atom is -0.444 e. The van der Waals surface area contributed by atoms with Crippen molar-refractivity contribution in [1.82, 2.24) is 21.3 Å². The molecule has 9 nitrogen and oxygen atoms in total. The lowest BCUT2D eigenvalue weighted by atomic mass is 10.2. The van der Waals surface area contributed by atoms with E-state index >= 15 is 0 Å². The van der Waals surface area contributed by atoms with Crippen molar-refractivity contribution in [1.29, 1.82) is 0 Å². The van der Waals surface area contributed by atoms with Gasteiger partial charge in [0.05, 0.1) is 6.61 Å². The van der Waals surface area contributed by atoms with Crippen LogP contribution in [0.1, 0.15) is 34.1 Å². The first kappa shape index (κ1) is 23.0. The molecule has 0 bridgehead atoms. The van der Waals surface area contributed by atoms with Crippen molar-refractivity contribution in [2.24, 2.45) is 4.99 Å². The Bertz CT molecular complexity index is 421. The van der Waals surface area contributed by atoms with Crippen molar-refractivity contribution in [2.45, 2.75) is 39.7 Å². The lowest BCUT2D eigenvalue weighted by Crippen LogP contribution is -2.40. The van der Waals surface area contributed by atoms with Crippen LogP contribution in [0.5, 0.6) is 0 Å². The zero-order valence-corrected chi connectivity index (χ0v) is 16.0. The molecule has 25 heavy (non-hydrogen) atoms. The zero-order valence-electron chi connectivity index (χ0n) is 16.0. The van der Waals surface area contributed by atoms with Crippen LogP contribution in [0.4, 0.5) is 4.79 Å². The van der Waals surface area contributed by atoms with E-state index in [1.54, 1.807) is 7.11 Å². The molecule has 0 unspecified atom stereocenters. The molecule has 0 fully saturated rings. The summed E-state index contributed by atoms with van der Waals surface area (Å²) in [5.74, 6) is 0.391. The SMILES string of the molecule is CCNC(=NCC(=O)NCCOC)NCCCNC(=O)OC(C)(C)C. The molecule has 0 rings (SSSR count). The Morgan fingerprint density at radius 3 is 2.28 bits per heavy atom. The summed E-state index contributed by atoms with van der Waals surface area (Å²) < 4.78 is 10.0. The summed E-state index contributed by atoms with van der Waals surface area (Å²) in [7, 11) is 1.58. The van der Waals surface area contributed by atoms with E-state index in [2.05, 4.69) is 26.3 Å². The first-order chi connectivity index (χ1) is 11.8. The Labute approximate surface area is 150 Å². The van der Waals surface area contributed by atoms with E-state index in [0.29, 0.717) is 45.2 Å². The molecular weight excluding hydrogens is 326 g/mol. The fourth-order valence-corrected chi connectivity index (χ4v) is 1.64. The fraction of sp³-hybridized carbons (Fsp3) is 0.812. The van der Waals surface area contributed by atoms with Crippen LogP contribution in [0.2, 0.25) is 0 Å². The van der Waals surface area contributed by atoms with Gasteiger partial charge >= 0.3 is 6.09 Å². The van der Waals surface area contributed by atoms with Crippen LogP contribution in [0.15, 0.2) is 4.99 Å². The topological polar surface area (TPSA) is 113 Å². The second-order valence-corrected chi connectivity index (χ2v) is 6.25. The van der Waals surface area contributed by atoms with Gasteiger partial charge in [-0.25, -0.2) is 9.79 Å². The Balaban J connectivity index is 4.01. The molecule has 146 valence electrons. The lowest BCUT2D eigenvalue weighted by molar-refractivity contribution is -0.119. The first-order valence-electron chi connectivity index (χ1n) is 8.53. The van der Waals surface area contributed by atoms with Gasteiger partial charge in [-0.05, 0) is 34.1 Å². The van der Waals surface area contributed by atoms with Crippen molar-refractivity contribution in [3.8, 4) is 0 Å². The maximum atomic E-state index is 11.6. The Morgan fingerprint density at radius 2 is 1.68 bits per heavy atom. The Morgan fingerprint density at radius 1 is 1.00 bits per heavy atom. The molecule has 0 aliphatic heterocycles. The highest BCUT2D eigenvalue weighted by atomic mass is 16.6. The summed E-state index contributed by atoms with van der Waals surface area (Å²) in [6.45, 7) is 10.1. The number of nitrogens with one attached hydrogen (secondary N) is 4. The second kappa shape index (κ2) is 13.3. The van der Waals surface area contributed by atoms with Crippen LogP contribution in [-0.4, -0.2) is 70.0 Å². The molecule has 0 aliphatic carbocycles. The van der Waals surface area contributed by atoms with Gasteiger partial charge in [0, 0.05) is 33.3 Å². The lowest BCUT2D eigenvalue weighted by Gasteiger charge is -2.19. The highest BCUT2D eigenvalue weighted by molar-refractivity contribution is 5.84. The summed E-state index contributed by atoms with van der Waals surface area (Å²) in [6, 6.07) is 0. The van der Waals surface area contributed by atoms with Crippen LogP contribution < -0.4 is 21.3 Å². The zero-order chi connectivity index (χ0) is 19.1. The summed E-state index contributed by atoms with van der Waals surface area (Å²) in [5, 5.41) is 11.6. The maximum Gasteiger partial charge on any atom is 0.407 e. The first-order valence-corrected chi connectivity index (χ1v) is 8.53. The van der Waals surface area contributed by atoms with Gasteiger partial charge in [-0.3, -0.25) is 4.79 Å². The normalized spacial score (nSPS) is 11.6. The van der Waals surface area contributed by atoms with E-state index in [9.17, 15) is 9.59 Å². The van der Waals surface area contributed by atoms with Gasteiger partial charge in [-0.15, -0.1) is 0 Å². The number of hydrogen-bond donors (Lipinski definition) is 4. The van der Waals surface area contributed by atoms with Gasteiger partial charge < -0.3 is 30.7 Å². The maximum absolute atomic E-state index is 11.6. The summed E-state index contributed by atoms with van der Waals surface area (Å²) in [4.78, 5) is 27.3. The molecular formula is C16H33N5O4. The molecule has 0 radical (unpaired) electrons. The van der Waals surface area contributed by atoms with Crippen molar-refractivity contribution in [3.63, 3.8) is 0 Å². The van der Waals surface area contributed by atoms with E-state index in [-0.39, 0.29) is 12.5 Å². The van der Waals surface area contributed by atoms with Gasteiger partial charge in [0.15, 0.2) is 5.96 Å². The van der Waals surface area contributed by atoms with Gasteiger partial charge in [0.2, 0.25) is 5.91 Å². The van der Waals surface area contributed by atoms with E-state index < -0.39 is 11.7 Å². The highest BCUT2D eigenvalue weighted by Crippen LogP contribution is 2.06. The largest absolute Gasteiger partial charge is 0.444 e. The highest BCUT2D eigenvalue weighted by Gasteiger charge is 2.15. The fourth-order valence-electron chi connectivity index (χ4n) is 1.64. The van der Waals surface area contributed by atoms with Crippen LogP contribution in [0.25, 0.3) is 0 Å². The molecule has 4 N–H and O–H groups in total. The third kappa shape index (κ3) is 15.2. The standard InChI is InChI=1S/C16H33N5O4/c1-6-17-14(21-12-13(22)18-10-11-24-5)19-8-7-9-20-15(23)25-16(2,3)4/h6-12H2,1-5H3,(H,18,22)(H,20,23)(H2,17,19,21). The van der Waals surface area contributed by atoms with E-state index in [1.165, 1.54) is 0 Å². The molecule has 9 heteroatoms. The third-order valence-corrected chi connectivity index (χ3v) is 2.67. The molecule has 0 heterocycles. The number of nitrogens with zero attached hydrogens (tertiary/aromatic N) is 1. The number of methoxy groups -OCH3 is 1. The van der Waals surface area contributed by atoms with Crippen LogP contribution in [0.3, 0.4) is 0 Å². The molecule has 0 atom stereocenters. The molecule has 2 amide bonds.